The van der Waals surface area contributed by atoms with E-state index >= 15 is 0 Å². The second-order valence-corrected chi connectivity index (χ2v) is 8.47. The summed E-state index contributed by atoms with van der Waals surface area (Å²) >= 11 is 0. The third-order valence-corrected chi connectivity index (χ3v) is 6.91. The summed E-state index contributed by atoms with van der Waals surface area (Å²) in [5.41, 5.74) is 0.0373. The number of ether oxygens (including phenoxy) is 1. The topological polar surface area (TPSA) is 110 Å². The molecule has 0 aromatic heterocycles. The molecule has 1 aromatic carbocycles. The van der Waals surface area contributed by atoms with Gasteiger partial charge in [0.25, 0.3) is 5.69 Å². The maximum Gasteiger partial charge on any atom is 0.310 e. The van der Waals surface area contributed by atoms with E-state index in [-0.39, 0.29) is 42.2 Å². The van der Waals surface area contributed by atoms with Crippen molar-refractivity contribution in [3.05, 3.63) is 28.3 Å². The average molecular weight is 413 g/mol. The van der Waals surface area contributed by atoms with E-state index in [2.05, 4.69) is 0 Å². The lowest BCUT2D eigenvalue weighted by Gasteiger charge is -2.33. The first-order valence-electron chi connectivity index (χ1n) is 9.46. The molecule has 0 bridgehead atoms. The Morgan fingerprint density at radius 3 is 2.57 bits per heavy atom. The summed E-state index contributed by atoms with van der Waals surface area (Å²) < 4.78 is 31.7. The Bertz CT molecular complexity index is 823. The highest BCUT2D eigenvalue weighted by molar-refractivity contribution is 7.89. The van der Waals surface area contributed by atoms with Crippen molar-refractivity contribution in [2.45, 2.75) is 38.5 Å². The van der Waals surface area contributed by atoms with Crippen LogP contribution in [0.15, 0.2) is 23.1 Å². The highest BCUT2D eigenvalue weighted by Crippen LogP contribution is 2.34. The van der Waals surface area contributed by atoms with Crippen molar-refractivity contribution in [3.8, 4) is 0 Å². The number of carbonyl (C=O) groups is 1. The van der Waals surface area contributed by atoms with Crippen LogP contribution < -0.4 is 4.90 Å². The summed E-state index contributed by atoms with van der Waals surface area (Å²) in [5, 5.41) is 11.6. The molecule has 1 aliphatic heterocycles. The Kier molecular flexibility index (Phi) is 7.36. The number of benzene rings is 1. The van der Waals surface area contributed by atoms with Crippen LogP contribution in [0.1, 0.15) is 33.6 Å². The molecular formula is C18H27N3O6S. The molecule has 1 saturated heterocycles. The van der Waals surface area contributed by atoms with Gasteiger partial charge in [-0.3, -0.25) is 14.9 Å². The molecule has 1 aliphatic rings. The van der Waals surface area contributed by atoms with Gasteiger partial charge in [-0.2, -0.15) is 4.31 Å². The van der Waals surface area contributed by atoms with Gasteiger partial charge in [-0.25, -0.2) is 8.42 Å². The van der Waals surface area contributed by atoms with E-state index in [1.807, 2.05) is 0 Å². The fraction of sp³-hybridized carbons (Fsp3) is 0.611. The first-order valence-corrected chi connectivity index (χ1v) is 10.9. The Morgan fingerprint density at radius 2 is 2.00 bits per heavy atom. The number of piperidine rings is 1. The van der Waals surface area contributed by atoms with Crippen molar-refractivity contribution >= 4 is 27.4 Å². The van der Waals surface area contributed by atoms with Crippen molar-refractivity contribution in [1.29, 1.82) is 0 Å². The standard InChI is InChI=1S/C18H27N3O6S/c1-4-20(5-2)28(25,26)15-9-10-16(17(12-15)21(23)24)19-11-7-8-14(13-19)18(22)27-6-3/h9-10,12,14H,4-8,11,13H2,1-3H3/t14-/m0/s1. The fourth-order valence-electron chi connectivity index (χ4n) is 3.44. The van der Waals surface area contributed by atoms with Crippen molar-refractivity contribution in [1.82, 2.24) is 4.31 Å². The number of nitrogens with zero attached hydrogens (tertiary/aromatic N) is 3. The summed E-state index contributed by atoms with van der Waals surface area (Å²) in [6.45, 7) is 6.87. The van der Waals surface area contributed by atoms with Crippen LogP contribution >= 0.6 is 0 Å². The average Bonchev–Trinajstić information content (AvgIpc) is 2.68. The molecule has 0 N–H and O–H groups in total. The lowest BCUT2D eigenvalue weighted by molar-refractivity contribution is -0.384. The van der Waals surface area contributed by atoms with Gasteiger partial charge in [0.2, 0.25) is 10.0 Å². The van der Waals surface area contributed by atoms with Crippen molar-refractivity contribution < 1.29 is 22.9 Å². The number of nitro groups is 1. The molecule has 1 heterocycles. The molecular weight excluding hydrogens is 386 g/mol. The molecule has 1 fully saturated rings. The van der Waals surface area contributed by atoms with E-state index < -0.39 is 14.9 Å². The molecule has 0 amide bonds. The maximum atomic E-state index is 12.7. The second-order valence-electron chi connectivity index (χ2n) is 6.53. The quantitative estimate of drug-likeness (QED) is 0.365. The van der Waals surface area contributed by atoms with Gasteiger partial charge in [0, 0.05) is 32.2 Å². The molecule has 2 rings (SSSR count). The first-order chi connectivity index (χ1) is 13.3. The second kappa shape index (κ2) is 9.33. The zero-order valence-corrected chi connectivity index (χ0v) is 17.3. The van der Waals surface area contributed by atoms with Crippen molar-refractivity contribution in [3.63, 3.8) is 0 Å². The summed E-state index contributed by atoms with van der Waals surface area (Å²) in [6, 6.07) is 3.96. The maximum absolute atomic E-state index is 12.7. The normalized spacial score (nSPS) is 17.6. The molecule has 9 nitrogen and oxygen atoms in total. The third-order valence-electron chi connectivity index (χ3n) is 4.87. The van der Waals surface area contributed by atoms with Crippen molar-refractivity contribution in [2.24, 2.45) is 5.92 Å². The highest BCUT2D eigenvalue weighted by atomic mass is 32.2. The number of hydrogen-bond donors (Lipinski definition) is 0. The highest BCUT2D eigenvalue weighted by Gasteiger charge is 2.32. The molecule has 28 heavy (non-hydrogen) atoms. The van der Waals surface area contributed by atoms with E-state index in [1.54, 1.807) is 25.7 Å². The van der Waals surface area contributed by atoms with Gasteiger partial charge in [0.15, 0.2) is 0 Å². The van der Waals surface area contributed by atoms with Gasteiger partial charge in [0.05, 0.1) is 22.3 Å². The summed E-state index contributed by atoms with van der Waals surface area (Å²) in [7, 11) is -3.80. The predicted octanol–water partition coefficient (Wildman–Crippen LogP) is 2.40. The monoisotopic (exact) mass is 413 g/mol. The van der Waals surface area contributed by atoms with Gasteiger partial charge in [0.1, 0.15) is 5.69 Å². The van der Waals surface area contributed by atoms with Crippen LogP contribution in [0, 0.1) is 16.0 Å². The molecule has 0 saturated carbocycles. The number of rotatable bonds is 8. The number of sulfonamides is 1. The molecule has 1 atom stereocenters. The minimum Gasteiger partial charge on any atom is -0.466 e. The fourth-order valence-corrected chi connectivity index (χ4v) is 4.92. The molecule has 0 spiro atoms. The lowest BCUT2D eigenvalue weighted by Crippen LogP contribution is -2.39. The lowest BCUT2D eigenvalue weighted by atomic mass is 9.97. The zero-order valence-electron chi connectivity index (χ0n) is 16.5. The summed E-state index contributed by atoms with van der Waals surface area (Å²) in [5.74, 6) is -0.664. The van der Waals surface area contributed by atoms with Gasteiger partial charge in [-0.15, -0.1) is 0 Å². The third kappa shape index (κ3) is 4.61. The number of nitro benzene ring substituents is 1. The molecule has 0 aliphatic carbocycles. The minimum absolute atomic E-state index is 0.106. The number of hydrogen-bond acceptors (Lipinski definition) is 7. The van der Waals surface area contributed by atoms with E-state index in [4.69, 9.17) is 4.74 Å². The Morgan fingerprint density at radius 1 is 1.32 bits per heavy atom. The van der Waals surface area contributed by atoms with Crippen LogP contribution in [0.3, 0.4) is 0 Å². The van der Waals surface area contributed by atoms with Crippen LogP contribution in [0.25, 0.3) is 0 Å². The van der Waals surface area contributed by atoms with Crippen LogP contribution in [0.4, 0.5) is 11.4 Å². The van der Waals surface area contributed by atoms with Crippen molar-refractivity contribution in [2.75, 3.05) is 37.7 Å². The SMILES string of the molecule is CCOC(=O)[C@H]1CCCN(c2ccc(S(=O)(=O)N(CC)CC)cc2[N+](=O)[O-])C1. The van der Waals surface area contributed by atoms with E-state index in [1.165, 1.54) is 16.4 Å². The van der Waals surface area contributed by atoms with Crippen LogP contribution in [-0.2, 0) is 19.6 Å². The molecule has 0 radical (unpaired) electrons. The van der Waals surface area contributed by atoms with E-state index in [0.29, 0.717) is 31.6 Å². The molecule has 1 aromatic rings. The smallest absolute Gasteiger partial charge is 0.310 e. The minimum atomic E-state index is -3.80. The summed E-state index contributed by atoms with van der Waals surface area (Å²) in [6.07, 6.45) is 1.36. The Balaban J connectivity index is 2.38. The number of esters is 1. The van der Waals surface area contributed by atoms with Gasteiger partial charge in [-0.05, 0) is 31.9 Å². The summed E-state index contributed by atoms with van der Waals surface area (Å²) in [4.78, 5) is 24.8. The largest absolute Gasteiger partial charge is 0.466 e. The Labute approximate surface area is 165 Å². The zero-order chi connectivity index (χ0) is 20.9. The first kappa shape index (κ1) is 22.1. The van der Waals surface area contributed by atoms with Crippen LogP contribution in [-0.4, -0.2) is 56.4 Å². The Hall–Kier alpha value is -2.20. The molecule has 0 unspecified atom stereocenters. The van der Waals surface area contributed by atoms with Crippen LogP contribution in [0.5, 0.6) is 0 Å². The van der Waals surface area contributed by atoms with Gasteiger partial charge < -0.3 is 9.64 Å². The van der Waals surface area contributed by atoms with Gasteiger partial charge in [-0.1, -0.05) is 13.8 Å². The van der Waals surface area contributed by atoms with E-state index in [9.17, 15) is 23.3 Å². The van der Waals surface area contributed by atoms with Gasteiger partial charge >= 0.3 is 5.97 Å². The number of anilines is 1. The predicted molar refractivity (Wildman–Crippen MR) is 105 cm³/mol. The molecule has 156 valence electrons. The van der Waals surface area contributed by atoms with E-state index in [0.717, 1.165) is 6.07 Å². The number of carbonyl (C=O) groups excluding carboxylic acids is 1. The van der Waals surface area contributed by atoms with Crippen LogP contribution in [0.2, 0.25) is 0 Å². The molecule has 10 heteroatoms.